The first kappa shape index (κ1) is 11.6. The third-order valence-corrected chi connectivity index (χ3v) is 2.58. The summed E-state index contributed by atoms with van der Waals surface area (Å²) in [6.07, 6.45) is 0.618. The minimum Gasteiger partial charge on any atom is -0.343 e. The van der Waals surface area contributed by atoms with Gasteiger partial charge in [-0.15, -0.1) is 5.92 Å². The molecule has 2 atom stereocenters. The van der Waals surface area contributed by atoms with Crippen LogP contribution in [-0.2, 0) is 9.59 Å². The number of nitrogens with one attached hydrogen (secondary N) is 1. The quantitative estimate of drug-likeness (QED) is 0.656. The van der Waals surface area contributed by atoms with Crippen LogP contribution in [0.4, 0.5) is 0 Å². The SMILES string of the molecule is CC#CCN1C(=O)C(CC)NC(=O)C1C. The molecule has 0 aromatic heterocycles. The van der Waals surface area contributed by atoms with Crippen molar-refractivity contribution in [2.45, 2.75) is 39.3 Å². The Balaban J connectivity index is 2.82. The van der Waals surface area contributed by atoms with Crippen molar-refractivity contribution in [1.29, 1.82) is 0 Å². The minimum atomic E-state index is -0.416. The van der Waals surface area contributed by atoms with Gasteiger partial charge in [-0.1, -0.05) is 12.8 Å². The van der Waals surface area contributed by atoms with Gasteiger partial charge in [0.25, 0.3) is 0 Å². The van der Waals surface area contributed by atoms with Gasteiger partial charge >= 0.3 is 0 Å². The second-order valence-corrected chi connectivity index (χ2v) is 3.54. The van der Waals surface area contributed by atoms with Gasteiger partial charge in [0, 0.05) is 0 Å². The van der Waals surface area contributed by atoms with Gasteiger partial charge in [0.15, 0.2) is 0 Å². The topological polar surface area (TPSA) is 49.4 Å². The van der Waals surface area contributed by atoms with Gasteiger partial charge in [0.2, 0.25) is 11.8 Å². The van der Waals surface area contributed by atoms with Crippen molar-refractivity contribution in [3.05, 3.63) is 0 Å². The molecule has 15 heavy (non-hydrogen) atoms. The third-order valence-electron chi connectivity index (χ3n) is 2.58. The van der Waals surface area contributed by atoms with Crippen LogP contribution in [-0.4, -0.2) is 35.3 Å². The summed E-state index contributed by atoms with van der Waals surface area (Å²) in [5.74, 6) is 5.41. The molecule has 0 spiro atoms. The second-order valence-electron chi connectivity index (χ2n) is 3.54. The molecule has 1 aliphatic rings. The highest BCUT2D eigenvalue weighted by atomic mass is 16.2. The molecule has 0 aromatic carbocycles. The molecule has 0 aliphatic carbocycles. The Hall–Kier alpha value is -1.50. The molecule has 1 fully saturated rings. The smallest absolute Gasteiger partial charge is 0.246 e. The summed E-state index contributed by atoms with van der Waals surface area (Å²) in [6.45, 7) is 5.65. The zero-order chi connectivity index (χ0) is 11.4. The largest absolute Gasteiger partial charge is 0.343 e. The van der Waals surface area contributed by atoms with E-state index in [1.807, 2.05) is 6.92 Å². The number of carbonyl (C=O) groups is 2. The number of rotatable bonds is 2. The minimum absolute atomic E-state index is 0.0349. The van der Waals surface area contributed by atoms with E-state index in [0.717, 1.165) is 0 Å². The monoisotopic (exact) mass is 208 g/mol. The average molecular weight is 208 g/mol. The Labute approximate surface area is 90.0 Å². The summed E-state index contributed by atoms with van der Waals surface area (Å²) < 4.78 is 0. The lowest BCUT2D eigenvalue weighted by Crippen LogP contribution is -2.62. The molecule has 1 rings (SSSR count). The molecule has 2 amide bonds. The van der Waals surface area contributed by atoms with E-state index in [0.29, 0.717) is 13.0 Å². The average Bonchev–Trinajstić information content (AvgIpc) is 2.23. The molecule has 1 saturated heterocycles. The number of amides is 2. The molecule has 4 heteroatoms. The summed E-state index contributed by atoms with van der Waals surface area (Å²) in [4.78, 5) is 24.9. The van der Waals surface area contributed by atoms with Crippen LogP contribution in [0.2, 0.25) is 0 Å². The molecule has 4 nitrogen and oxygen atoms in total. The maximum atomic E-state index is 11.9. The van der Waals surface area contributed by atoms with Crippen LogP contribution in [0.25, 0.3) is 0 Å². The van der Waals surface area contributed by atoms with Crippen molar-refractivity contribution < 1.29 is 9.59 Å². The van der Waals surface area contributed by atoms with Gasteiger partial charge in [-0.25, -0.2) is 0 Å². The molecule has 0 radical (unpaired) electrons. The number of nitrogens with zero attached hydrogens (tertiary/aromatic N) is 1. The Morgan fingerprint density at radius 2 is 2.13 bits per heavy atom. The summed E-state index contributed by atoms with van der Waals surface area (Å²) >= 11 is 0. The lowest BCUT2D eigenvalue weighted by atomic mass is 10.1. The summed E-state index contributed by atoms with van der Waals surface area (Å²) in [6, 6.07) is -0.798. The van der Waals surface area contributed by atoms with Gasteiger partial charge in [-0.3, -0.25) is 9.59 Å². The molecule has 2 unspecified atom stereocenters. The van der Waals surface area contributed by atoms with Crippen LogP contribution in [0.15, 0.2) is 0 Å². The van der Waals surface area contributed by atoms with E-state index < -0.39 is 6.04 Å². The van der Waals surface area contributed by atoms with Crippen LogP contribution in [0.5, 0.6) is 0 Å². The lowest BCUT2D eigenvalue weighted by molar-refractivity contribution is -0.147. The van der Waals surface area contributed by atoms with Crippen molar-refractivity contribution in [3.8, 4) is 11.8 Å². The van der Waals surface area contributed by atoms with Crippen molar-refractivity contribution in [1.82, 2.24) is 10.2 Å². The maximum absolute atomic E-state index is 11.9. The number of hydrogen-bond acceptors (Lipinski definition) is 2. The zero-order valence-electron chi connectivity index (χ0n) is 9.33. The van der Waals surface area contributed by atoms with E-state index in [2.05, 4.69) is 17.2 Å². The predicted octanol–water partition coefficient (Wildman–Crippen LogP) is 0.135. The van der Waals surface area contributed by atoms with E-state index in [9.17, 15) is 9.59 Å². The molecule has 0 saturated carbocycles. The molecule has 0 bridgehead atoms. The van der Waals surface area contributed by atoms with Crippen molar-refractivity contribution in [2.75, 3.05) is 6.54 Å². The summed E-state index contributed by atoms with van der Waals surface area (Å²) in [5, 5.41) is 2.69. The van der Waals surface area contributed by atoms with Crippen molar-refractivity contribution >= 4 is 11.8 Å². The van der Waals surface area contributed by atoms with Crippen LogP contribution in [0.1, 0.15) is 27.2 Å². The number of hydrogen-bond donors (Lipinski definition) is 1. The Kier molecular flexibility index (Phi) is 3.73. The van der Waals surface area contributed by atoms with E-state index in [4.69, 9.17) is 0 Å². The first-order valence-corrected chi connectivity index (χ1v) is 5.12. The standard InChI is InChI=1S/C11H16N2O2/c1-4-6-7-13-8(3)10(14)12-9(5-2)11(13)15/h8-9H,5,7H2,1-3H3,(H,12,14). The fourth-order valence-electron chi connectivity index (χ4n) is 1.54. The Bertz CT molecular complexity index is 327. The molecule has 0 aromatic rings. The van der Waals surface area contributed by atoms with E-state index in [1.54, 1.807) is 13.8 Å². The molecular formula is C11H16N2O2. The summed E-state index contributed by atoms with van der Waals surface area (Å²) in [7, 11) is 0. The van der Waals surface area contributed by atoms with Crippen LogP contribution in [0.3, 0.4) is 0 Å². The van der Waals surface area contributed by atoms with Crippen LogP contribution in [0, 0.1) is 11.8 Å². The first-order chi connectivity index (χ1) is 7.11. The van der Waals surface area contributed by atoms with Crippen LogP contribution >= 0.6 is 0 Å². The highest BCUT2D eigenvalue weighted by Crippen LogP contribution is 2.10. The summed E-state index contributed by atoms with van der Waals surface area (Å²) in [5.41, 5.74) is 0. The van der Waals surface area contributed by atoms with Gasteiger partial charge in [-0.05, 0) is 20.3 Å². The van der Waals surface area contributed by atoms with Gasteiger partial charge in [0.1, 0.15) is 12.1 Å². The van der Waals surface area contributed by atoms with Crippen molar-refractivity contribution in [3.63, 3.8) is 0 Å². The fraction of sp³-hybridized carbons (Fsp3) is 0.636. The second kappa shape index (κ2) is 4.83. The Morgan fingerprint density at radius 3 is 2.67 bits per heavy atom. The molecule has 1 aliphatic heterocycles. The highest BCUT2D eigenvalue weighted by Gasteiger charge is 2.36. The number of piperazine rings is 1. The van der Waals surface area contributed by atoms with E-state index in [1.165, 1.54) is 4.90 Å². The first-order valence-electron chi connectivity index (χ1n) is 5.12. The lowest BCUT2D eigenvalue weighted by Gasteiger charge is -2.35. The van der Waals surface area contributed by atoms with Crippen molar-refractivity contribution in [2.24, 2.45) is 0 Å². The molecular weight excluding hydrogens is 192 g/mol. The van der Waals surface area contributed by atoms with Gasteiger partial charge in [-0.2, -0.15) is 0 Å². The predicted molar refractivity (Wildman–Crippen MR) is 56.8 cm³/mol. The molecule has 1 N–H and O–H groups in total. The zero-order valence-corrected chi connectivity index (χ0v) is 9.33. The fourth-order valence-corrected chi connectivity index (χ4v) is 1.54. The molecule has 1 heterocycles. The van der Waals surface area contributed by atoms with Gasteiger partial charge < -0.3 is 10.2 Å². The highest BCUT2D eigenvalue weighted by molar-refractivity contribution is 5.96. The van der Waals surface area contributed by atoms with Crippen LogP contribution < -0.4 is 5.32 Å². The Morgan fingerprint density at radius 1 is 1.47 bits per heavy atom. The third kappa shape index (κ3) is 2.30. The van der Waals surface area contributed by atoms with E-state index in [-0.39, 0.29) is 17.9 Å². The van der Waals surface area contributed by atoms with Gasteiger partial charge in [0.05, 0.1) is 6.54 Å². The maximum Gasteiger partial charge on any atom is 0.246 e. The van der Waals surface area contributed by atoms with E-state index >= 15 is 0 Å². The normalized spacial score (nSPS) is 25.7. The molecule has 82 valence electrons. The number of carbonyl (C=O) groups excluding carboxylic acids is 2.